The summed E-state index contributed by atoms with van der Waals surface area (Å²) in [6.07, 6.45) is 7.08. The minimum absolute atomic E-state index is 0.446. The molecule has 0 saturated carbocycles. The Balaban J connectivity index is 1.45. The van der Waals surface area contributed by atoms with E-state index in [4.69, 9.17) is 0 Å². The fourth-order valence-electron chi connectivity index (χ4n) is 7.04. The highest BCUT2D eigenvalue weighted by Crippen LogP contribution is 2.47. The molecule has 7 aromatic rings. The number of hydrogen-bond donors (Lipinski definition) is 0. The van der Waals surface area contributed by atoms with Crippen molar-refractivity contribution in [3.05, 3.63) is 175 Å². The summed E-state index contributed by atoms with van der Waals surface area (Å²) < 4.78 is 0. The molecule has 2 atom stereocenters. The molecule has 0 aliphatic heterocycles. The zero-order valence-corrected chi connectivity index (χ0v) is 27.1. The zero-order chi connectivity index (χ0) is 31.9. The Hall–Kier alpha value is -5.60. The molecule has 1 aliphatic rings. The molecule has 0 bridgehead atoms. The van der Waals surface area contributed by atoms with Gasteiger partial charge in [-0.05, 0) is 94.9 Å². The number of hydrogen-bond acceptors (Lipinski definition) is 2. The van der Waals surface area contributed by atoms with Gasteiger partial charge in [0, 0.05) is 33.5 Å². The summed E-state index contributed by atoms with van der Waals surface area (Å²) in [4.78, 5) is 4.85. The second-order valence-corrected chi connectivity index (χ2v) is 12.8. The van der Waals surface area contributed by atoms with Gasteiger partial charge in [0.15, 0.2) is 0 Å². The smallest absolute Gasteiger partial charge is 0.0546 e. The third-order valence-corrected chi connectivity index (χ3v) is 9.73. The van der Waals surface area contributed by atoms with Crippen molar-refractivity contribution < 1.29 is 0 Å². The Morgan fingerprint density at radius 1 is 0.426 bits per heavy atom. The van der Waals surface area contributed by atoms with Gasteiger partial charge in [0.25, 0.3) is 0 Å². The summed E-state index contributed by atoms with van der Waals surface area (Å²) in [6.45, 7) is 6.76. The number of anilines is 5. The lowest BCUT2D eigenvalue weighted by molar-refractivity contribution is 0.547. The Kier molecular flexibility index (Phi) is 7.34. The lowest BCUT2D eigenvalue weighted by atomic mass is 9.89. The molecule has 0 aromatic heterocycles. The normalized spacial score (nSPS) is 16.0. The van der Waals surface area contributed by atoms with Crippen LogP contribution < -0.4 is 9.80 Å². The summed E-state index contributed by atoms with van der Waals surface area (Å²) in [5.74, 6) is 0.954. The van der Waals surface area contributed by atoms with Crippen molar-refractivity contribution in [1.82, 2.24) is 0 Å². The van der Waals surface area contributed by atoms with Crippen LogP contribution in [0.25, 0.3) is 32.3 Å². The van der Waals surface area contributed by atoms with E-state index in [0.29, 0.717) is 11.8 Å². The van der Waals surface area contributed by atoms with Crippen molar-refractivity contribution >= 4 is 60.8 Å². The van der Waals surface area contributed by atoms with Gasteiger partial charge < -0.3 is 9.80 Å². The van der Waals surface area contributed by atoms with Gasteiger partial charge in [-0.1, -0.05) is 129 Å². The van der Waals surface area contributed by atoms with Crippen LogP contribution >= 0.6 is 0 Å². The standard InChI is InChI=1S/C45H38N2/c1-31-22-25-36(26-23-31)46(34-14-6-4-7-15-34)44-29-42-39-19-11-13-21-41(39)45(30-43(42)38-18-10-12-20-40(38)44)47(35-16-8-5-9-17-35)37-27-24-32(2)33(3)28-37/h4-30,32-33H,1-3H3. The summed E-state index contributed by atoms with van der Waals surface area (Å²) in [5, 5.41) is 7.42. The number of fused-ring (bicyclic) bond motifs is 5. The van der Waals surface area contributed by atoms with Crippen molar-refractivity contribution in [2.75, 3.05) is 9.80 Å². The number of nitrogens with zero attached hydrogens (tertiary/aromatic N) is 2. The number of para-hydroxylation sites is 2. The van der Waals surface area contributed by atoms with Crippen molar-refractivity contribution in [3.8, 4) is 0 Å². The number of benzene rings is 7. The Morgan fingerprint density at radius 2 is 0.872 bits per heavy atom. The van der Waals surface area contributed by atoms with Crippen LogP contribution in [0.3, 0.4) is 0 Å². The lowest BCUT2D eigenvalue weighted by Crippen LogP contribution is -2.20. The second kappa shape index (κ2) is 12.0. The first-order chi connectivity index (χ1) is 23.1. The first kappa shape index (κ1) is 28.8. The van der Waals surface area contributed by atoms with Gasteiger partial charge >= 0.3 is 0 Å². The quantitative estimate of drug-likeness (QED) is 0.174. The highest BCUT2D eigenvalue weighted by Gasteiger charge is 2.24. The molecule has 228 valence electrons. The van der Waals surface area contributed by atoms with Crippen molar-refractivity contribution in [2.45, 2.75) is 20.8 Å². The number of allylic oxidation sites excluding steroid dienone is 3. The van der Waals surface area contributed by atoms with Gasteiger partial charge in [0.1, 0.15) is 0 Å². The van der Waals surface area contributed by atoms with E-state index in [2.05, 4.69) is 194 Å². The van der Waals surface area contributed by atoms with Gasteiger partial charge in [0.05, 0.1) is 11.4 Å². The molecule has 0 saturated heterocycles. The summed E-state index contributed by atoms with van der Waals surface area (Å²) >= 11 is 0. The molecule has 2 nitrogen and oxygen atoms in total. The van der Waals surface area contributed by atoms with E-state index in [1.165, 1.54) is 55.0 Å². The summed E-state index contributed by atoms with van der Waals surface area (Å²) in [7, 11) is 0. The maximum atomic E-state index is 2.45. The van der Waals surface area contributed by atoms with Crippen LogP contribution in [0.5, 0.6) is 0 Å². The number of rotatable bonds is 6. The van der Waals surface area contributed by atoms with Gasteiger partial charge in [-0.25, -0.2) is 0 Å². The van der Waals surface area contributed by atoms with Gasteiger partial charge in [-0.3, -0.25) is 0 Å². The Bertz CT molecular complexity index is 2280. The molecule has 0 amide bonds. The molecule has 47 heavy (non-hydrogen) atoms. The minimum Gasteiger partial charge on any atom is -0.310 e. The van der Waals surface area contributed by atoms with Crippen LogP contribution in [-0.4, -0.2) is 0 Å². The average Bonchev–Trinajstić information content (AvgIpc) is 3.12. The fraction of sp³-hybridized carbons (Fsp3) is 0.111. The molecule has 0 N–H and O–H groups in total. The molecule has 0 spiro atoms. The molecule has 2 heteroatoms. The predicted octanol–water partition coefficient (Wildman–Crippen LogP) is 12.8. The van der Waals surface area contributed by atoms with Gasteiger partial charge in [0.2, 0.25) is 0 Å². The third-order valence-electron chi connectivity index (χ3n) is 9.73. The monoisotopic (exact) mass is 606 g/mol. The van der Waals surface area contributed by atoms with E-state index in [1.54, 1.807) is 0 Å². The first-order valence-corrected chi connectivity index (χ1v) is 16.6. The Morgan fingerprint density at radius 3 is 1.40 bits per heavy atom. The van der Waals surface area contributed by atoms with E-state index in [-0.39, 0.29) is 0 Å². The third kappa shape index (κ3) is 5.16. The second-order valence-electron chi connectivity index (χ2n) is 12.8. The van der Waals surface area contributed by atoms with Crippen LogP contribution in [0.4, 0.5) is 28.4 Å². The average molecular weight is 607 g/mol. The maximum Gasteiger partial charge on any atom is 0.0546 e. The highest BCUT2D eigenvalue weighted by atomic mass is 15.2. The van der Waals surface area contributed by atoms with Crippen LogP contribution in [0.1, 0.15) is 19.4 Å². The van der Waals surface area contributed by atoms with Gasteiger partial charge in [-0.2, -0.15) is 0 Å². The van der Waals surface area contributed by atoms with Crippen molar-refractivity contribution in [2.24, 2.45) is 11.8 Å². The van der Waals surface area contributed by atoms with Crippen LogP contribution in [0, 0.1) is 18.8 Å². The van der Waals surface area contributed by atoms with E-state index in [1.807, 2.05) is 0 Å². The fourth-order valence-corrected chi connectivity index (χ4v) is 7.04. The molecule has 0 fully saturated rings. The minimum atomic E-state index is 0.446. The molecule has 0 heterocycles. The molecule has 1 aliphatic carbocycles. The molecule has 0 radical (unpaired) electrons. The molecular formula is C45H38N2. The van der Waals surface area contributed by atoms with Crippen molar-refractivity contribution in [3.63, 3.8) is 0 Å². The molecule has 2 unspecified atom stereocenters. The number of aryl methyl sites for hydroxylation is 1. The molecule has 7 aromatic carbocycles. The SMILES string of the molecule is Cc1ccc(N(c2ccccc2)c2cc3c4ccccc4c(N(C4=CC(C)C(C)C=C4)c4ccccc4)cc3c3ccccc23)cc1. The van der Waals surface area contributed by atoms with Crippen LogP contribution in [0.2, 0.25) is 0 Å². The van der Waals surface area contributed by atoms with E-state index < -0.39 is 0 Å². The zero-order valence-electron chi connectivity index (χ0n) is 27.1. The van der Waals surface area contributed by atoms with Crippen molar-refractivity contribution in [1.29, 1.82) is 0 Å². The van der Waals surface area contributed by atoms with E-state index in [9.17, 15) is 0 Å². The predicted molar refractivity (Wildman–Crippen MR) is 203 cm³/mol. The maximum absolute atomic E-state index is 2.45. The summed E-state index contributed by atoms with van der Waals surface area (Å²) in [6, 6.07) is 53.0. The van der Waals surface area contributed by atoms with E-state index in [0.717, 1.165) is 17.1 Å². The molecule has 8 rings (SSSR count). The molecular weight excluding hydrogens is 569 g/mol. The van der Waals surface area contributed by atoms with Gasteiger partial charge in [-0.15, -0.1) is 0 Å². The first-order valence-electron chi connectivity index (χ1n) is 16.6. The van der Waals surface area contributed by atoms with Crippen LogP contribution in [-0.2, 0) is 0 Å². The van der Waals surface area contributed by atoms with E-state index >= 15 is 0 Å². The summed E-state index contributed by atoms with van der Waals surface area (Å²) in [5.41, 5.74) is 8.25. The highest BCUT2D eigenvalue weighted by molar-refractivity contribution is 6.24. The van der Waals surface area contributed by atoms with Crippen LogP contribution in [0.15, 0.2) is 170 Å². The Labute approximate surface area is 277 Å². The lowest BCUT2D eigenvalue weighted by Gasteiger charge is -2.32. The topological polar surface area (TPSA) is 6.48 Å². The largest absolute Gasteiger partial charge is 0.310 e.